The van der Waals surface area contributed by atoms with Gasteiger partial charge in [0.2, 0.25) is 5.91 Å². The van der Waals surface area contributed by atoms with Gasteiger partial charge in [-0.25, -0.2) is 4.98 Å². The summed E-state index contributed by atoms with van der Waals surface area (Å²) in [6, 6.07) is 22.6. The van der Waals surface area contributed by atoms with Crippen molar-refractivity contribution in [2.24, 2.45) is 0 Å². The zero-order chi connectivity index (χ0) is 17.8. The Kier molecular flexibility index (Phi) is 4.35. The molecule has 0 bridgehead atoms. The first kappa shape index (κ1) is 15.9. The maximum atomic E-state index is 12.2. The third kappa shape index (κ3) is 3.72. The Morgan fingerprint density at radius 2 is 1.65 bits per heavy atom. The average molecular weight is 343 g/mol. The summed E-state index contributed by atoms with van der Waals surface area (Å²) in [5.41, 5.74) is 2.29. The largest absolute Gasteiger partial charge is 0.457 e. The SMILES string of the molecule is O=C(Cc1cn2ccccc2n1)Nc1ccc(Oc2ccccc2)cc1. The molecular formula is C21H17N3O2. The Balaban J connectivity index is 1.38. The Labute approximate surface area is 150 Å². The first-order chi connectivity index (χ1) is 12.8. The van der Waals surface area contributed by atoms with Crippen LogP contribution in [0.4, 0.5) is 5.69 Å². The van der Waals surface area contributed by atoms with Gasteiger partial charge >= 0.3 is 0 Å². The lowest BCUT2D eigenvalue weighted by Crippen LogP contribution is -2.14. The lowest BCUT2D eigenvalue weighted by atomic mass is 10.2. The maximum absolute atomic E-state index is 12.2. The topological polar surface area (TPSA) is 55.6 Å². The number of ether oxygens (including phenoxy) is 1. The summed E-state index contributed by atoms with van der Waals surface area (Å²) in [5.74, 6) is 1.39. The molecule has 0 aliphatic rings. The van der Waals surface area contributed by atoms with Gasteiger partial charge in [-0.1, -0.05) is 24.3 Å². The summed E-state index contributed by atoms with van der Waals surface area (Å²) < 4.78 is 7.64. The van der Waals surface area contributed by atoms with Crippen molar-refractivity contribution in [3.63, 3.8) is 0 Å². The molecule has 0 spiro atoms. The van der Waals surface area contributed by atoms with Crippen LogP contribution in [0.3, 0.4) is 0 Å². The molecule has 1 amide bonds. The number of hydrogen-bond acceptors (Lipinski definition) is 3. The molecule has 0 aliphatic heterocycles. The number of para-hydroxylation sites is 1. The second kappa shape index (κ2) is 7.11. The Bertz CT molecular complexity index is 991. The molecule has 0 saturated carbocycles. The number of carbonyl (C=O) groups is 1. The monoisotopic (exact) mass is 343 g/mol. The fraction of sp³-hybridized carbons (Fsp3) is 0.0476. The first-order valence-corrected chi connectivity index (χ1v) is 8.32. The van der Waals surface area contributed by atoms with E-state index in [0.717, 1.165) is 28.5 Å². The second-order valence-electron chi connectivity index (χ2n) is 5.86. The van der Waals surface area contributed by atoms with Crippen molar-refractivity contribution >= 4 is 17.2 Å². The molecule has 5 heteroatoms. The van der Waals surface area contributed by atoms with Crippen LogP contribution in [0.15, 0.2) is 85.2 Å². The number of nitrogens with one attached hydrogen (secondary N) is 1. The lowest BCUT2D eigenvalue weighted by molar-refractivity contribution is -0.115. The van der Waals surface area contributed by atoms with E-state index in [1.54, 1.807) is 0 Å². The van der Waals surface area contributed by atoms with E-state index >= 15 is 0 Å². The van der Waals surface area contributed by atoms with Crippen LogP contribution in [0.5, 0.6) is 11.5 Å². The highest BCUT2D eigenvalue weighted by atomic mass is 16.5. The van der Waals surface area contributed by atoms with Gasteiger partial charge in [0.1, 0.15) is 17.1 Å². The predicted octanol–water partition coefficient (Wildman–Crippen LogP) is 4.31. The number of amides is 1. The van der Waals surface area contributed by atoms with E-state index in [-0.39, 0.29) is 12.3 Å². The summed E-state index contributed by atoms with van der Waals surface area (Å²) >= 11 is 0. The van der Waals surface area contributed by atoms with Gasteiger partial charge in [-0.05, 0) is 48.5 Å². The van der Waals surface area contributed by atoms with Crippen LogP contribution in [-0.2, 0) is 11.2 Å². The molecular weight excluding hydrogens is 326 g/mol. The van der Waals surface area contributed by atoms with Gasteiger partial charge in [-0.3, -0.25) is 4.79 Å². The Morgan fingerprint density at radius 1 is 0.923 bits per heavy atom. The summed E-state index contributed by atoms with van der Waals surface area (Å²) in [7, 11) is 0. The van der Waals surface area contributed by atoms with Crippen molar-refractivity contribution in [3.8, 4) is 11.5 Å². The molecule has 0 saturated heterocycles. The quantitative estimate of drug-likeness (QED) is 0.587. The predicted molar refractivity (Wildman–Crippen MR) is 100 cm³/mol. The molecule has 0 radical (unpaired) electrons. The third-order valence-electron chi connectivity index (χ3n) is 3.87. The van der Waals surface area contributed by atoms with Crippen molar-refractivity contribution in [1.29, 1.82) is 0 Å². The van der Waals surface area contributed by atoms with Crippen LogP contribution in [0.2, 0.25) is 0 Å². The van der Waals surface area contributed by atoms with Crippen molar-refractivity contribution in [2.75, 3.05) is 5.32 Å². The van der Waals surface area contributed by atoms with Crippen molar-refractivity contribution in [3.05, 3.63) is 90.9 Å². The number of fused-ring (bicyclic) bond motifs is 1. The summed E-state index contributed by atoms with van der Waals surface area (Å²) in [6.45, 7) is 0. The van der Waals surface area contributed by atoms with Crippen LogP contribution in [-0.4, -0.2) is 15.3 Å². The number of anilines is 1. The van der Waals surface area contributed by atoms with Crippen molar-refractivity contribution in [1.82, 2.24) is 9.38 Å². The normalized spacial score (nSPS) is 10.6. The Hall–Kier alpha value is -3.60. The second-order valence-corrected chi connectivity index (χ2v) is 5.86. The van der Waals surface area contributed by atoms with Gasteiger partial charge in [0.05, 0.1) is 12.1 Å². The number of nitrogens with zero attached hydrogens (tertiary/aromatic N) is 2. The smallest absolute Gasteiger partial charge is 0.230 e. The van der Waals surface area contributed by atoms with Crippen LogP contribution in [0.1, 0.15) is 5.69 Å². The molecule has 0 atom stereocenters. The van der Waals surface area contributed by atoms with Gasteiger partial charge in [-0.15, -0.1) is 0 Å². The molecule has 5 nitrogen and oxygen atoms in total. The molecule has 0 aliphatic carbocycles. The van der Waals surface area contributed by atoms with Crippen LogP contribution < -0.4 is 10.1 Å². The highest BCUT2D eigenvalue weighted by molar-refractivity contribution is 5.92. The van der Waals surface area contributed by atoms with Crippen molar-refractivity contribution < 1.29 is 9.53 Å². The van der Waals surface area contributed by atoms with E-state index < -0.39 is 0 Å². The van der Waals surface area contributed by atoms with E-state index in [2.05, 4.69) is 10.3 Å². The summed E-state index contributed by atoms with van der Waals surface area (Å²) in [5, 5.41) is 2.88. The van der Waals surface area contributed by atoms with Crippen LogP contribution in [0, 0.1) is 0 Å². The highest BCUT2D eigenvalue weighted by Gasteiger charge is 2.08. The van der Waals surface area contributed by atoms with Gasteiger partial charge in [0.25, 0.3) is 0 Å². The highest BCUT2D eigenvalue weighted by Crippen LogP contribution is 2.22. The average Bonchev–Trinajstić information content (AvgIpc) is 3.06. The number of carbonyl (C=O) groups excluding carboxylic acids is 1. The molecule has 26 heavy (non-hydrogen) atoms. The molecule has 4 aromatic rings. The Morgan fingerprint density at radius 3 is 2.42 bits per heavy atom. The van der Waals surface area contributed by atoms with Gasteiger partial charge < -0.3 is 14.5 Å². The molecule has 2 aromatic heterocycles. The molecule has 128 valence electrons. The fourth-order valence-corrected chi connectivity index (χ4v) is 2.67. The molecule has 4 rings (SSSR count). The number of imidazole rings is 1. The fourth-order valence-electron chi connectivity index (χ4n) is 2.67. The minimum absolute atomic E-state index is 0.106. The molecule has 2 aromatic carbocycles. The van der Waals surface area contributed by atoms with E-state index in [1.807, 2.05) is 89.6 Å². The molecule has 1 N–H and O–H groups in total. The molecule has 0 fully saturated rings. The van der Waals surface area contributed by atoms with E-state index in [9.17, 15) is 4.79 Å². The van der Waals surface area contributed by atoms with E-state index in [0.29, 0.717) is 0 Å². The first-order valence-electron chi connectivity index (χ1n) is 8.32. The number of hydrogen-bond donors (Lipinski definition) is 1. The molecule has 0 unspecified atom stereocenters. The third-order valence-corrected chi connectivity index (χ3v) is 3.87. The standard InChI is InChI=1S/C21H17N3O2/c25-21(14-17-15-24-13-5-4-8-20(24)22-17)23-16-9-11-19(12-10-16)26-18-6-2-1-3-7-18/h1-13,15H,14H2,(H,23,25). The number of pyridine rings is 1. The van der Waals surface area contributed by atoms with Gasteiger partial charge in [0.15, 0.2) is 0 Å². The van der Waals surface area contributed by atoms with E-state index in [1.165, 1.54) is 0 Å². The van der Waals surface area contributed by atoms with Crippen LogP contribution >= 0.6 is 0 Å². The summed E-state index contributed by atoms with van der Waals surface area (Å²) in [6.07, 6.45) is 4.00. The zero-order valence-corrected chi connectivity index (χ0v) is 14.0. The van der Waals surface area contributed by atoms with Crippen molar-refractivity contribution in [2.45, 2.75) is 6.42 Å². The number of aromatic nitrogens is 2. The number of rotatable bonds is 5. The minimum atomic E-state index is -0.106. The van der Waals surface area contributed by atoms with Gasteiger partial charge in [0, 0.05) is 18.1 Å². The number of benzene rings is 2. The summed E-state index contributed by atoms with van der Waals surface area (Å²) in [4.78, 5) is 16.7. The minimum Gasteiger partial charge on any atom is -0.457 e. The molecule has 2 heterocycles. The van der Waals surface area contributed by atoms with Gasteiger partial charge in [-0.2, -0.15) is 0 Å². The van der Waals surface area contributed by atoms with Crippen LogP contribution in [0.25, 0.3) is 5.65 Å². The zero-order valence-electron chi connectivity index (χ0n) is 14.0. The maximum Gasteiger partial charge on any atom is 0.230 e. The lowest BCUT2D eigenvalue weighted by Gasteiger charge is -2.07. The van der Waals surface area contributed by atoms with E-state index in [4.69, 9.17) is 4.74 Å².